The van der Waals surface area contributed by atoms with E-state index in [2.05, 4.69) is 15.9 Å². The molecule has 0 spiro atoms. The van der Waals surface area contributed by atoms with E-state index in [1.54, 1.807) is 4.57 Å². The molecule has 2 aromatic heterocycles. The molecule has 0 aliphatic carbocycles. The minimum atomic E-state index is -0.611. The summed E-state index contributed by atoms with van der Waals surface area (Å²) in [5.74, 6) is 0. The summed E-state index contributed by atoms with van der Waals surface area (Å²) in [6.07, 6.45) is 2.57. The van der Waals surface area contributed by atoms with Crippen LogP contribution >= 0.6 is 15.9 Å². The largest absolute Gasteiger partial charge is 0.443 e. The fraction of sp³-hybridized carbons (Fsp3) is 0.360. The van der Waals surface area contributed by atoms with Crippen molar-refractivity contribution < 1.29 is 14.3 Å². The van der Waals surface area contributed by atoms with E-state index in [1.807, 2.05) is 74.0 Å². The first-order valence-electron chi connectivity index (χ1n) is 11.0. The summed E-state index contributed by atoms with van der Waals surface area (Å²) in [4.78, 5) is 13.3. The molecular formula is C25H26BrN3O3. The van der Waals surface area contributed by atoms with E-state index < -0.39 is 11.7 Å². The average Bonchev–Trinajstić information content (AvgIpc) is 3.31. The summed E-state index contributed by atoms with van der Waals surface area (Å²) in [6, 6.07) is 15.9. The maximum atomic E-state index is 13.3. The minimum Gasteiger partial charge on any atom is -0.443 e. The molecule has 1 fully saturated rings. The molecule has 32 heavy (non-hydrogen) atoms. The summed E-state index contributed by atoms with van der Waals surface area (Å²) < 4.78 is 16.4. The second kappa shape index (κ2) is 8.05. The van der Waals surface area contributed by atoms with Crippen LogP contribution in [0.3, 0.4) is 0 Å². The molecule has 0 radical (unpaired) electrons. The second-order valence-electron chi connectivity index (χ2n) is 9.18. The standard InChI is InChI=1S/C25H26BrN3O3/c1-25(2,3)32-24(30)28-19-9-5-4-8-16(19)14-21(28)23-18-15-17(26)11-12-20(18)29(27-23)22-10-6-7-13-31-22/h4-5,8-9,11-12,14-15,22H,6-7,10,13H2,1-3H3. The summed E-state index contributed by atoms with van der Waals surface area (Å²) >= 11 is 3.60. The van der Waals surface area contributed by atoms with Gasteiger partial charge < -0.3 is 9.47 Å². The van der Waals surface area contributed by atoms with E-state index in [1.165, 1.54) is 0 Å². The average molecular weight is 496 g/mol. The fourth-order valence-corrected chi connectivity index (χ4v) is 4.63. The van der Waals surface area contributed by atoms with Gasteiger partial charge >= 0.3 is 6.09 Å². The molecule has 6 nitrogen and oxygen atoms in total. The molecule has 0 N–H and O–H groups in total. The number of ether oxygens (including phenoxy) is 2. The van der Waals surface area contributed by atoms with Crippen LogP contribution in [0, 0.1) is 0 Å². The van der Waals surface area contributed by atoms with Gasteiger partial charge in [0.25, 0.3) is 0 Å². The molecule has 4 aromatic rings. The molecule has 166 valence electrons. The number of rotatable bonds is 2. The van der Waals surface area contributed by atoms with Crippen molar-refractivity contribution in [2.24, 2.45) is 0 Å². The van der Waals surface area contributed by atoms with E-state index in [9.17, 15) is 4.79 Å². The highest BCUT2D eigenvalue weighted by atomic mass is 79.9. The van der Waals surface area contributed by atoms with Crippen molar-refractivity contribution in [2.45, 2.75) is 51.9 Å². The molecule has 3 heterocycles. The van der Waals surface area contributed by atoms with Gasteiger partial charge in [-0.15, -0.1) is 0 Å². The SMILES string of the molecule is CC(C)(C)OC(=O)n1c(-c2nn(C3CCCCO3)c3ccc(Br)cc23)cc2ccccc21. The molecule has 0 amide bonds. The zero-order chi connectivity index (χ0) is 22.5. The molecule has 1 aliphatic heterocycles. The molecule has 7 heteroatoms. The summed E-state index contributed by atoms with van der Waals surface area (Å²) in [5.41, 5.74) is 2.61. The lowest BCUT2D eigenvalue weighted by Gasteiger charge is -2.23. The lowest BCUT2D eigenvalue weighted by Crippen LogP contribution is -2.27. The van der Waals surface area contributed by atoms with Crippen LogP contribution in [0.15, 0.2) is 53.0 Å². The van der Waals surface area contributed by atoms with Crippen LogP contribution in [0.2, 0.25) is 0 Å². The third kappa shape index (κ3) is 3.84. The predicted molar refractivity (Wildman–Crippen MR) is 129 cm³/mol. The normalized spacial score (nSPS) is 17.2. The van der Waals surface area contributed by atoms with Gasteiger partial charge in [0.1, 0.15) is 11.3 Å². The van der Waals surface area contributed by atoms with Crippen LogP contribution in [-0.4, -0.2) is 32.6 Å². The third-order valence-electron chi connectivity index (χ3n) is 5.63. The Morgan fingerprint density at radius 3 is 2.69 bits per heavy atom. The van der Waals surface area contributed by atoms with Gasteiger partial charge in [0.05, 0.1) is 16.7 Å². The van der Waals surface area contributed by atoms with Gasteiger partial charge in [-0.3, -0.25) is 0 Å². The number of hydrogen-bond acceptors (Lipinski definition) is 4. The Bertz CT molecular complexity index is 1310. The lowest BCUT2D eigenvalue weighted by atomic mass is 10.1. The number of carbonyl (C=O) groups excluding carboxylic acids is 1. The van der Waals surface area contributed by atoms with Gasteiger partial charge in [-0.05, 0) is 70.4 Å². The van der Waals surface area contributed by atoms with E-state index >= 15 is 0 Å². The van der Waals surface area contributed by atoms with Gasteiger partial charge in [0.15, 0.2) is 6.23 Å². The molecule has 1 unspecified atom stereocenters. The topological polar surface area (TPSA) is 58.3 Å². The molecule has 1 aliphatic rings. The Labute approximate surface area is 195 Å². The Morgan fingerprint density at radius 1 is 1.12 bits per heavy atom. The van der Waals surface area contributed by atoms with Gasteiger partial charge in [-0.2, -0.15) is 5.10 Å². The molecular weight excluding hydrogens is 470 g/mol. The van der Waals surface area contributed by atoms with Crippen molar-refractivity contribution in [2.75, 3.05) is 6.61 Å². The van der Waals surface area contributed by atoms with Gasteiger partial charge in [0, 0.05) is 21.9 Å². The molecule has 2 aromatic carbocycles. The highest BCUT2D eigenvalue weighted by molar-refractivity contribution is 9.10. The third-order valence-corrected chi connectivity index (χ3v) is 6.12. The lowest BCUT2D eigenvalue weighted by molar-refractivity contribution is -0.0365. The minimum absolute atomic E-state index is 0.111. The second-order valence-corrected chi connectivity index (χ2v) is 10.1. The molecule has 1 atom stereocenters. The van der Waals surface area contributed by atoms with Crippen LogP contribution in [0.1, 0.15) is 46.3 Å². The first kappa shape index (κ1) is 21.2. The Morgan fingerprint density at radius 2 is 1.94 bits per heavy atom. The number of benzene rings is 2. The number of fused-ring (bicyclic) bond motifs is 2. The van der Waals surface area contributed by atoms with Crippen molar-refractivity contribution in [1.82, 2.24) is 14.3 Å². The smallest absolute Gasteiger partial charge is 0.419 e. The number of aromatic nitrogens is 3. The van der Waals surface area contributed by atoms with Gasteiger partial charge in [-0.25, -0.2) is 14.0 Å². The number of nitrogens with zero attached hydrogens (tertiary/aromatic N) is 3. The number of hydrogen-bond donors (Lipinski definition) is 0. The van der Waals surface area contributed by atoms with E-state index in [-0.39, 0.29) is 6.23 Å². The zero-order valence-corrected chi connectivity index (χ0v) is 20.1. The molecule has 1 saturated heterocycles. The number of carbonyl (C=O) groups is 1. The number of para-hydroxylation sites is 1. The van der Waals surface area contributed by atoms with Crippen molar-refractivity contribution in [3.05, 3.63) is 53.0 Å². The van der Waals surface area contributed by atoms with Crippen LogP contribution in [0.25, 0.3) is 33.2 Å². The van der Waals surface area contributed by atoms with Crippen molar-refractivity contribution in [1.29, 1.82) is 0 Å². The first-order valence-corrected chi connectivity index (χ1v) is 11.7. The van der Waals surface area contributed by atoms with Gasteiger partial charge in [0.2, 0.25) is 0 Å². The molecule has 0 saturated carbocycles. The van der Waals surface area contributed by atoms with E-state index in [0.717, 1.165) is 57.8 Å². The van der Waals surface area contributed by atoms with Crippen LogP contribution in [0.4, 0.5) is 4.79 Å². The first-order chi connectivity index (χ1) is 15.3. The van der Waals surface area contributed by atoms with Gasteiger partial charge in [-0.1, -0.05) is 34.1 Å². The van der Waals surface area contributed by atoms with E-state index in [0.29, 0.717) is 5.69 Å². The zero-order valence-electron chi connectivity index (χ0n) is 18.5. The number of halogens is 1. The van der Waals surface area contributed by atoms with E-state index in [4.69, 9.17) is 14.6 Å². The van der Waals surface area contributed by atoms with Crippen molar-refractivity contribution >= 4 is 43.8 Å². The quantitative estimate of drug-likeness (QED) is 0.303. The Hall–Kier alpha value is -2.64. The van der Waals surface area contributed by atoms with Crippen molar-refractivity contribution in [3.63, 3.8) is 0 Å². The highest BCUT2D eigenvalue weighted by Crippen LogP contribution is 2.37. The molecule has 5 rings (SSSR count). The summed E-state index contributed by atoms with van der Waals surface area (Å²) in [5, 5.41) is 6.92. The maximum Gasteiger partial charge on any atom is 0.419 e. The van der Waals surface area contributed by atoms with Crippen LogP contribution < -0.4 is 0 Å². The van der Waals surface area contributed by atoms with Crippen LogP contribution in [0.5, 0.6) is 0 Å². The highest BCUT2D eigenvalue weighted by Gasteiger charge is 2.27. The molecule has 0 bridgehead atoms. The van der Waals surface area contributed by atoms with Crippen LogP contribution in [-0.2, 0) is 9.47 Å². The summed E-state index contributed by atoms with van der Waals surface area (Å²) in [6.45, 7) is 6.35. The summed E-state index contributed by atoms with van der Waals surface area (Å²) in [7, 11) is 0. The maximum absolute atomic E-state index is 13.3. The Balaban J connectivity index is 1.75. The predicted octanol–water partition coefficient (Wildman–Crippen LogP) is 6.90. The monoisotopic (exact) mass is 495 g/mol. The fourth-order valence-electron chi connectivity index (χ4n) is 4.27. The van der Waals surface area contributed by atoms with Crippen molar-refractivity contribution in [3.8, 4) is 11.4 Å². The Kier molecular flexibility index (Phi) is 5.34.